The summed E-state index contributed by atoms with van der Waals surface area (Å²) in [5.74, 6) is 0. The van der Waals surface area contributed by atoms with E-state index in [1.807, 2.05) is 24.3 Å². The lowest BCUT2D eigenvalue weighted by Crippen LogP contribution is -2.55. The third-order valence-corrected chi connectivity index (χ3v) is 4.86. The maximum Gasteiger partial charge on any atom is 0.158 e. The van der Waals surface area contributed by atoms with Crippen LogP contribution >= 0.6 is 0 Å². The van der Waals surface area contributed by atoms with Gasteiger partial charge < -0.3 is 25.2 Å². The Morgan fingerprint density at radius 1 is 0.920 bits per heavy atom. The highest BCUT2D eigenvalue weighted by molar-refractivity contribution is 5.39. The number of benzene rings is 1. The molecule has 1 aliphatic rings. The summed E-state index contributed by atoms with van der Waals surface area (Å²) in [5.41, 5.74) is 1.79. The van der Waals surface area contributed by atoms with Gasteiger partial charge in [-0.2, -0.15) is 0 Å². The van der Waals surface area contributed by atoms with Gasteiger partial charge in [-0.05, 0) is 24.0 Å². The van der Waals surface area contributed by atoms with Crippen LogP contribution in [0.25, 0.3) is 0 Å². The SMILES string of the molecule is CCCCCCCCc1ccccc1[C]1O[C@H](CO)[C@@H](O)[C@H](O)[C@H]1O. The number of aliphatic hydroxyl groups is 4. The summed E-state index contributed by atoms with van der Waals surface area (Å²) >= 11 is 0. The summed E-state index contributed by atoms with van der Waals surface area (Å²) in [5, 5.41) is 39.6. The van der Waals surface area contributed by atoms with E-state index in [-0.39, 0.29) is 6.10 Å². The molecule has 1 aromatic rings. The molecule has 0 bridgehead atoms. The second kappa shape index (κ2) is 10.2. The number of hydrogen-bond acceptors (Lipinski definition) is 5. The van der Waals surface area contributed by atoms with Gasteiger partial charge in [0.15, 0.2) is 6.10 Å². The van der Waals surface area contributed by atoms with Crippen LogP contribution in [0.2, 0.25) is 0 Å². The summed E-state index contributed by atoms with van der Waals surface area (Å²) in [4.78, 5) is 0. The molecule has 5 nitrogen and oxygen atoms in total. The maximum absolute atomic E-state index is 10.3. The van der Waals surface area contributed by atoms with E-state index in [0.717, 1.165) is 30.4 Å². The van der Waals surface area contributed by atoms with E-state index >= 15 is 0 Å². The standard InChI is InChI=1S/C20H31O5/c1-2-3-4-5-6-7-10-14-11-8-9-12-15(14)20-19(24)18(23)17(22)16(13-21)25-20/h8-9,11-12,16-19,21-24H,2-7,10,13H2,1H3/t16-,17-,18+,19-/m1/s1. The van der Waals surface area contributed by atoms with Crippen LogP contribution in [0.3, 0.4) is 0 Å². The average molecular weight is 351 g/mol. The van der Waals surface area contributed by atoms with Gasteiger partial charge in [0.1, 0.15) is 24.4 Å². The van der Waals surface area contributed by atoms with Gasteiger partial charge in [-0.15, -0.1) is 0 Å². The lowest BCUT2D eigenvalue weighted by Gasteiger charge is -2.40. The second-order valence-electron chi connectivity index (χ2n) is 6.80. The highest BCUT2D eigenvalue weighted by atomic mass is 16.5. The molecule has 1 aliphatic heterocycles. The van der Waals surface area contributed by atoms with E-state index in [4.69, 9.17) is 4.74 Å². The molecule has 0 amide bonds. The second-order valence-corrected chi connectivity index (χ2v) is 6.80. The van der Waals surface area contributed by atoms with Crippen molar-refractivity contribution in [3.8, 4) is 0 Å². The minimum Gasteiger partial charge on any atom is -0.394 e. The Labute approximate surface area is 150 Å². The Hall–Kier alpha value is -0.980. The molecule has 1 heterocycles. The topological polar surface area (TPSA) is 90.2 Å². The van der Waals surface area contributed by atoms with E-state index in [2.05, 4.69) is 6.92 Å². The Morgan fingerprint density at radius 3 is 2.32 bits per heavy atom. The number of ether oxygens (including phenoxy) is 1. The molecular weight excluding hydrogens is 320 g/mol. The van der Waals surface area contributed by atoms with Crippen molar-refractivity contribution in [3.05, 3.63) is 41.5 Å². The number of rotatable bonds is 9. The van der Waals surface area contributed by atoms with Crippen LogP contribution in [0.5, 0.6) is 0 Å². The van der Waals surface area contributed by atoms with Gasteiger partial charge in [0.2, 0.25) is 0 Å². The zero-order valence-corrected chi connectivity index (χ0v) is 15.0. The zero-order chi connectivity index (χ0) is 18.2. The normalized spacial score (nSPS) is 27.6. The van der Waals surface area contributed by atoms with Crippen LogP contribution in [0.1, 0.15) is 56.6 Å². The highest BCUT2D eigenvalue weighted by Gasteiger charge is 2.45. The summed E-state index contributed by atoms with van der Waals surface area (Å²) in [7, 11) is 0. The van der Waals surface area contributed by atoms with Crippen LogP contribution in [0.15, 0.2) is 24.3 Å². The Bertz CT molecular complexity index is 505. The fourth-order valence-electron chi connectivity index (χ4n) is 3.31. The van der Waals surface area contributed by atoms with Crippen LogP contribution in [-0.2, 0) is 11.2 Å². The minimum absolute atomic E-state index is 0.235. The first-order valence-corrected chi connectivity index (χ1v) is 9.37. The zero-order valence-electron chi connectivity index (χ0n) is 15.0. The predicted octanol–water partition coefficient (Wildman–Crippen LogP) is 1.94. The molecule has 25 heavy (non-hydrogen) atoms. The lowest BCUT2D eigenvalue weighted by molar-refractivity contribution is -0.184. The van der Waals surface area contributed by atoms with Crippen molar-refractivity contribution >= 4 is 0 Å². The van der Waals surface area contributed by atoms with Gasteiger partial charge in [0.25, 0.3) is 0 Å². The molecule has 1 radical (unpaired) electrons. The third kappa shape index (κ3) is 5.25. The van der Waals surface area contributed by atoms with Gasteiger partial charge in [-0.25, -0.2) is 0 Å². The molecule has 4 N–H and O–H groups in total. The van der Waals surface area contributed by atoms with Crippen LogP contribution in [-0.4, -0.2) is 51.4 Å². The molecule has 4 atom stereocenters. The number of hydrogen-bond donors (Lipinski definition) is 4. The first-order valence-electron chi connectivity index (χ1n) is 9.37. The summed E-state index contributed by atoms with van der Waals surface area (Å²) in [6.45, 7) is 1.78. The molecule has 0 aliphatic carbocycles. The monoisotopic (exact) mass is 351 g/mol. The van der Waals surface area contributed by atoms with E-state index < -0.39 is 31.0 Å². The Kier molecular flexibility index (Phi) is 8.33. The molecule has 2 rings (SSSR count). The molecular formula is C20H31O5. The van der Waals surface area contributed by atoms with Gasteiger partial charge in [-0.1, -0.05) is 63.3 Å². The van der Waals surface area contributed by atoms with Gasteiger partial charge >= 0.3 is 0 Å². The predicted molar refractivity (Wildman–Crippen MR) is 95.8 cm³/mol. The minimum atomic E-state index is -1.37. The molecule has 1 aromatic carbocycles. The van der Waals surface area contributed by atoms with Crippen LogP contribution < -0.4 is 0 Å². The summed E-state index contributed by atoms with van der Waals surface area (Å²) in [6, 6.07) is 7.65. The highest BCUT2D eigenvalue weighted by Crippen LogP contribution is 2.33. The van der Waals surface area contributed by atoms with Crippen molar-refractivity contribution in [1.82, 2.24) is 0 Å². The number of aryl methyl sites for hydroxylation is 1. The van der Waals surface area contributed by atoms with Crippen molar-refractivity contribution < 1.29 is 25.2 Å². The van der Waals surface area contributed by atoms with E-state index in [1.54, 1.807) is 0 Å². The first-order chi connectivity index (χ1) is 12.1. The van der Waals surface area contributed by atoms with E-state index in [9.17, 15) is 20.4 Å². The molecule has 0 saturated carbocycles. The molecule has 0 aromatic heterocycles. The number of unbranched alkanes of at least 4 members (excludes halogenated alkanes) is 5. The smallest absolute Gasteiger partial charge is 0.158 e. The van der Waals surface area contributed by atoms with Crippen LogP contribution in [0.4, 0.5) is 0 Å². The van der Waals surface area contributed by atoms with Crippen LogP contribution in [0, 0.1) is 6.10 Å². The summed E-state index contributed by atoms with van der Waals surface area (Å²) in [6.07, 6.45) is 3.39. The lowest BCUT2D eigenvalue weighted by atomic mass is 9.88. The largest absolute Gasteiger partial charge is 0.394 e. The van der Waals surface area contributed by atoms with E-state index in [1.165, 1.54) is 25.7 Å². The number of aliphatic hydroxyl groups excluding tert-OH is 4. The molecule has 5 heteroatoms. The first kappa shape index (κ1) is 20.3. The van der Waals surface area contributed by atoms with Gasteiger partial charge in [-0.3, -0.25) is 0 Å². The average Bonchev–Trinajstić information content (AvgIpc) is 2.63. The van der Waals surface area contributed by atoms with Crippen molar-refractivity contribution in [1.29, 1.82) is 0 Å². The Balaban J connectivity index is 2.03. The van der Waals surface area contributed by atoms with Crippen molar-refractivity contribution in [2.45, 2.75) is 76.3 Å². The quantitative estimate of drug-likeness (QED) is 0.511. The Morgan fingerprint density at radius 2 is 1.60 bits per heavy atom. The molecule has 141 valence electrons. The third-order valence-electron chi connectivity index (χ3n) is 4.86. The fourth-order valence-corrected chi connectivity index (χ4v) is 3.31. The van der Waals surface area contributed by atoms with E-state index in [0.29, 0.717) is 0 Å². The molecule has 0 spiro atoms. The summed E-state index contributed by atoms with van der Waals surface area (Å²) < 4.78 is 5.62. The van der Waals surface area contributed by atoms with Crippen molar-refractivity contribution in [2.75, 3.05) is 6.61 Å². The van der Waals surface area contributed by atoms with Gasteiger partial charge in [0.05, 0.1) is 6.61 Å². The molecule has 1 fully saturated rings. The van der Waals surface area contributed by atoms with Crippen molar-refractivity contribution in [2.24, 2.45) is 0 Å². The van der Waals surface area contributed by atoms with Gasteiger partial charge in [0, 0.05) is 0 Å². The molecule has 0 unspecified atom stereocenters. The fraction of sp³-hybridized carbons (Fsp3) is 0.650. The molecule has 1 saturated heterocycles. The maximum atomic E-state index is 10.3. The van der Waals surface area contributed by atoms with Crippen molar-refractivity contribution in [3.63, 3.8) is 0 Å².